The van der Waals surface area contributed by atoms with E-state index in [9.17, 15) is 18.0 Å². The molecule has 2 aromatic rings. The van der Waals surface area contributed by atoms with Crippen molar-refractivity contribution in [2.24, 2.45) is 0 Å². The van der Waals surface area contributed by atoms with E-state index >= 15 is 0 Å². The Balaban J connectivity index is 2.49. The molecule has 0 unspecified atom stereocenters. The third kappa shape index (κ3) is 3.87. The Kier molecular flexibility index (Phi) is 5.13. The van der Waals surface area contributed by atoms with E-state index in [1.807, 2.05) is 6.07 Å². The van der Waals surface area contributed by atoms with Crippen molar-refractivity contribution >= 4 is 5.97 Å². The summed E-state index contributed by atoms with van der Waals surface area (Å²) < 4.78 is 44.5. The Morgan fingerprint density at radius 1 is 1.46 bits per heavy atom. The van der Waals surface area contributed by atoms with Gasteiger partial charge in [-0.25, -0.2) is 14.5 Å². The van der Waals surface area contributed by atoms with Gasteiger partial charge in [0, 0.05) is 19.0 Å². The zero-order valence-corrected chi connectivity index (χ0v) is 12.5. The molecule has 0 spiro atoms. The molecule has 2 heterocycles. The second-order valence-corrected chi connectivity index (χ2v) is 4.62. The fourth-order valence-electron chi connectivity index (χ4n) is 1.85. The van der Waals surface area contributed by atoms with Crippen LogP contribution >= 0.6 is 0 Å². The lowest BCUT2D eigenvalue weighted by Gasteiger charge is -2.11. The number of halogens is 3. The minimum atomic E-state index is -4.63. The summed E-state index contributed by atoms with van der Waals surface area (Å²) in [4.78, 5) is 15.5. The molecule has 2 aromatic heterocycles. The van der Waals surface area contributed by atoms with Gasteiger partial charge in [0.2, 0.25) is 0 Å². The fraction of sp³-hybridized carbons (Fsp3) is 0.357. The summed E-state index contributed by atoms with van der Waals surface area (Å²) in [6.07, 6.45) is -2.25. The third-order valence-corrected chi connectivity index (χ3v) is 2.94. The molecular weight excluding hydrogens is 327 g/mol. The highest BCUT2D eigenvalue weighted by atomic mass is 19.4. The highest BCUT2D eigenvalue weighted by molar-refractivity contribution is 5.91. The van der Waals surface area contributed by atoms with Crippen molar-refractivity contribution in [1.29, 1.82) is 5.26 Å². The number of aryl methyl sites for hydroxylation is 1. The lowest BCUT2D eigenvalue weighted by atomic mass is 10.2. The number of ether oxygens (including phenoxy) is 1. The van der Waals surface area contributed by atoms with Gasteiger partial charge in [-0.1, -0.05) is 5.21 Å². The van der Waals surface area contributed by atoms with E-state index in [1.54, 1.807) is 6.92 Å². The van der Waals surface area contributed by atoms with Crippen LogP contribution in [0.3, 0.4) is 0 Å². The van der Waals surface area contributed by atoms with Crippen LogP contribution in [0.4, 0.5) is 13.2 Å². The van der Waals surface area contributed by atoms with Crippen LogP contribution in [-0.2, 0) is 17.3 Å². The fourth-order valence-corrected chi connectivity index (χ4v) is 1.85. The number of pyridine rings is 1. The lowest BCUT2D eigenvalue weighted by molar-refractivity contribution is -0.137. The maximum atomic E-state index is 12.9. The maximum absolute atomic E-state index is 12.9. The van der Waals surface area contributed by atoms with Crippen molar-refractivity contribution in [1.82, 2.24) is 20.0 Å². The molecule has 0 radical (unpaired) electrons. The van der Waals surface area contributed by atoms with Gasteiger partial charge in [0.1, 0.15) is 5.69 Å². The molecule has 0 aromatic carbocycles. The smallest absolute Gasteiger partial charge is 0.417 e. The van der Waals surface area contributed by atoms with Gasteiger partial charge in [-0.05, 0) is 13.0 Å². The molecule has 0 bridgehead atoms. The lowest BCUT2D eigenvalue weighted by Crippen LogP contribution is -2.15. The van der Waals surface area contributed by atoms with E-state index in [1.165, 1.54) is 6.20 Å². The van der Waals surface area contributed by atoms with Crippen LogP contribution in [0, 0.1) is 11.3 Å². The molecule has 0 aliphatic rings. The van der Waals surface area contributed by atoms with E-state index in [2.05, 4.69) is 15.3 Å². The van der Waals surface area contributed by atoms with Gasteiger partial charge in [-0.3, -0.25) is 0 Å². The van der Waals surface area contributed by atoms with Gasteiger partial charge in [-0.2, -0.15) is 18.4 Å². The Labute approximate surface area is 134 Å². The molecule has 0 fully saturated rings. The summed E-state index contributed by atoms with van der Waals surface area (Å²) in [7, 11) is 0. The molecule has 126 valence electrons. The van der Waals surface area contributed by atoms with Crippen LogP contribution < -0.4 is 0 Å². The van der Waals surface area contributed by atoms with Crippen LogP contribution in [-0.4, -0.2) is 32.6 Å². The number of nitriles is 1. The maximum Gasteiger partial charge on any atom is 0.417 e. The number of carbonyl (C=O) groups excluding carboxylic acids is 1. The molecule has 10 heteroatoms. The van der Waals surface area contributed by atoms with Crippen molar-refractivity contribution in [3.63, 3.8) is 0 Å². The largest absolute Gasteiger partial charge is 0.461 e. The molecule has 24 heavy (non-hydrogen) atoms. The first-order valence-corrected chi connectivity index (χ1v) is 6.89. The van der Waals surface area contributed by atoms with Gasteiger partial charge >= 0.3 is 12.1 Å². The van der Waals surface area contributed by atoms with Gasteiger partial charge in [0.15, 0.2) is 5.69 Å². The predicted octanol–water partition coefficient (Wildman–Crippen LogP) is 2.31. The summed E-state index contributed by atoms with van der Waals surface area (Å²) in [5, 5.41) is 16.0. The first-order valence-electron chi connectivity index (χ1n) is 6.89. The van der Waals surface area contributed by atoms with Crippen LogP contribution in [0.5, 0.6) is 0 Å². The molecule has 0 aliphatic heterocycles. The van der Waals surface area contributed by atoms with E-state index in [-0.39, 0.29) is 30.8 Å². The SMILES string of the molecule is CCOC(=O)c1ncc(C(F)(F)F)cc1-n1cc(CCC#N)nn1. The molecule has 0 N–H and O–H groups in total. The zero-order valence-electron chi connectivity index (χ0n) is 12.5. The molecule has 0 aliphatic carbocycles. The topological polar surface area (TPSA) is 93.7 Å². The van der Waals surface area contributed by atoms with Crippen molar-refractivity contribution in [3.05, 3.63) is 35.4 Å². The Morgan fingerprint density at radius 3 is 2.83 bits per heavy atom. The minimum Gasteiger partial charge on any atom is -0.461 e. The summed E-state index contributed by atoms with van der Waals surface area (Å²) in [5.74, 6) is -0.865. The van der Waals surface area contributed by atoms with Crippen molar-refractivity contribution < 1.29 is 22.7 Å². The summed E-state index contributed by atoms with van der Waals surface area (Å²) in [6, 6.07) is 2.68. The number of aromatic nitrogens is 4. The predicted molar refractivity (Wildman–Crippen MR) is 74.0 cm³/mol. The number of hydrogen-bond acceptors (Lipinski definition) is 6. The van der Waals surface area contributed by atoms with Gasteiger partial charge in [0.05, 0.1) is 30.1 Å². The van der Waals surface area contributed by atoms with Crippen LogP contribution in [0.2, 0.25) is 0 Å². The zero-order chi connectivity index (χ0) is 17.7. The number of carbonyl (C=O) groups is 1. The summed E-state index contributed by atoms with van der Waals surface area (Å²) >= 11 is 0. The summed E-state index contributed by atoms with van der Waals surface area (Å²) in [5.41, 5.74) is -1.12. The number of rotatable bonds is 5. The van der Waals surface area contributed by atoms with Crippen LogP contribution in [0.15, 0.2) is 18.5 Å². The molecule has 0 amide bonds. The van der Waals surface area contributed by atoms with Crippen LogP contribution in [0.25, 0.3) is 5.69 Å². The molecule has 0 saturated heterocycles. The number of nitrogens with zero attached hydrogens (tertiary/aromatic N) is 5. The number of hydrogen-bond donors (Lipinski definition) is 0. The Morgan fingerprint density at radius 2 is 2.21 bits per heavy atom. The average Bonchev–Trinajstić information content (AvgIpc) is 3.00. The van der Waals surface area contributed by atoms with Gasteiger partial charge in [-0.15, -0.1) is 5.10 Å². The molecule has 7 nitrogen and oxygen atoms in total. The Bertz CT molecular complexity index is 779. The molecule has 0 atom stereocenters. The standard InChI is InChI=1S/C14H12F3N5O2/c1-2-24-13(23)12-11(6-9(7-19-12)14(15,16)17)22-8-10(20-21-22)4-3-5-18/h6-8H,2-4H2,1H3. The molecular formula is C14H12F3N5O2. The Hall–Kier alpha value is -2.96. The molecule has 2 rings (SSSR count). The minimum absolute atomic E-state index is 0.0474. The van der Waals surface area contributed by atoms with Gasteiger partial charge in [0.25, 0.3) is 0 Å². The average molecular weight is 339 g/mol. The van der Waals surface area contributed by atoms with E-state index in [4.69, 9.17) is 10.00 Å². The quantitative estimate of drug-likeness (QED) is 0.776. The van der Waals surface area contributed by atoms with Crippen molar-refractivity contribution in [2.45, 2.75) is 25.9 Å². The monoisotopic (exact) mass is 339 g/mol. The summed E-state index contributed by atoms with van der Waals surface area (Å²) in [6.45, 7) is 1.61. The third-order valence-electron chi connectivity index (χ3n) is 2.94. The van der Waals surface area contributed by atoms with Gasteiger partial charge < -0.3 is 4.74 Å². The number of alkyl halides is 3. The highest BCUT2D eigenvalue weighted by Crippen LogP contribution is 2.30. The normalized spacial score (nSPS) is 11.1. The van der Waals surface area contributed by atoms with Crippen LogP contribution in [0.1, 0.15) is 35.1 Å². The van der Waals surface area contributed by atoms with Crippen molar-refractivity contribution in [2.75, 3.05) is 6.61 Å². The van der Waals surface area contributed by atoms with E-state index in [0.717, 1.165) is 10.7 Å². The second-order valence-electron chi connectivity index (χ2n) is 4.62. The second kappa shape index (κ2) is 7.08. The van der Waals surface area contributed by atoms with Crippen molar-refractivity contribution in [3.8, 4) is 11.8 Å². The highest BCUT2D eigenvalue weighted by Gasteiger charge is 2.33. The first kappa shape index (κ1) is 17.4. The first-order chi connectivity index (χ1) is 11.4. The van der Waals surface area contributed by atoms with E-state index in [0.29, 0.717) is 11.9 Å². The molecule has 0 saturated carbocycles. The van der Waals surface area contributed by atoms with E-state index < -0.39 is 17.7 Å². The number of esters is 1.